The quantitative estimate of drug-likeness (QED) is 0.538. The summed E-state index contributed by atoms with van der Waals surface area (Å²) in [5.74, 6) is 1.33. The maximum atomic E-state index is 12.7. The Bertz CT molecular complexity index is 977. The van der Waals surface area contributed by atoms with Gasteiger partial charge < -0.3 is 19.4 Å². The number of hydrogen-bond acceptors (Lipinski definition) is 3. The summed E-state index contributed by atoms with van der Waals surface area (Å²) < 4.78 is 13.0. The first-order valence-corrected chi connectivity index (χ1v) is 10.1. The lowest BCUT2D eigenvalue weighted by molar-refractivity contribution is -0.121. The zero-order valence-corrected chi connectivity index (χ0v) is 17.7. The number of para-hydroxylation sites is 1. The Morgan fingerprint density at radius 2 is 1.86 bits per heavy atom. The van der Waals surface area contributed by atoms with Crippen LogP contribution in [-0.2, 0) is 11.8 Å². The molecule has 0 aliphatic carbocycles. The lowest BCUT2D eigenvalue weighted by atomic mass is 9.87. The molecule has 0 spiro atoms. The number of fused-ring (bicyclic) bond motifs is 1. The molecule has 0 aliphatic heterocycles. The molecular formula is C24H30N2O3. The molecule has 1 atom stereocenters. The van der Waals surface area contributed by atoms with Crippen LogP contribution in [0.25, 0.3) is 10.9 Å². The summed E-state index contributed by atoms with van der Waals surface area (Å²) in [7, 11) is 5.30. The van der Waals surface area contributed by atoms with Gasteiger partial charge in [-0.15, -0.1) is 0 Å². The SMILES string of the molecule is CCCCNC(=O)CC(c1ccc(OC)c(OC)c1)c1cn(C)c2ccccc12. The predicted molar refractivity (Wildman–Crippen MR) is 117 cm³/mol. The Hall–Kier alpha value is -2.95. The number of carbonyl (C=O) groups is 1. The van der Waals surface area contributed by atoms with Crippen LogP contribution in [0, 0.1) is 0 Å². The van der Waals surface area contributed by atoms with E-state index < -0.39 is 0 Å². The fraction of sp³-hybridized carbons (Fsp3) is 0.375. The van der Waals surface area contributed by atoms with Gasteiger partial charge in [-0.1, -0.05) is 37.6 Å². The van der Waals surface area contributed by atoms with Crippen molar-refractivity contribution in [3.8, 4) is 11.5 Å². The number of aromatic nitrogens is 1. The van der Waals surface area contributed by atoms with E-state index in [-0.39, 0.29) is 11.8 Å². The number of nitrogens with one attached hydrogen (secondary N) is 1. The van der Waals surface area contributed by atoms with Crippen molar-refractivity contribution in [1.29, 1.82) is 0 Å². The highest BCUT2D eigenvalue weighted by atomic mass is 16.5. The van der Waals surface area contributed by atoms with Crippen LogP contribution in [0.1, 0.15) is 43.2 Å². The van der Waals surface area contributed by atoms with Crippen molar-refractivity contribution in [2.45, 2.75) is 32.1 Å². The van der Waals surface area contributed by atoms with Gasteiger partial charge in [0.1, 0.15) is 0 Å². The first kappa shape index (κ1) is 20.8. The van der Waals surface area contributed by atoms with E-state index in [1.54, 1.807) is 14.2 Å². The van der Waals surface area contributed by atoms with Crippen LogP contribution in [0.4, 0.5) is 0 Å². The zero-order valence-electron chi connectivity index (χ0n) is 17.7. The summed E-state index contributed by atoms with van der Waals surface area (Å²) in [6.07, 6.45) is 4.56. The number of nitrogens with zero attached hydrogens (tertiary/aromatic N) is 1. The Morgan fingerprint density at radius 3 is 2.59 bits per heavy atom. The van der Waals surface area contributed by atoms with E-state index in [9.17, 15) is 4.79 Å². The summed E-state index contributed by atoms with van der Waals surface area (Å²) >= 11 is 0. The summed E-state index contributed by atoms with van der Waals surface area (Å²) in [5.41, 5.74) is 3.32. The Morgan fingerprint density at radius 1 is 1.10 bits per heavy atom. The second kappa shape index (κ2) is 9.50. The van der Waals surface area contributed by atoms with Gasteiger partial charge in [-0.05, 0) is 35.7 Å². The summed E-state index contributed by atoms with van der Waals surface area (Å²) in [5, 5.41) is 4.22. The number of hydrogen-bond donors (Lipinski definition) is 1. The largest absolute Gasteiger partial charge is 0.493 e. The van der Waals surface area contributed by atoms with Crippen LogP contribution in [0.5, 0.6) is 11.5 Å². The van der Waals surface area contributed by atoms with Crippen LogP contribution in [0.3, 0.4) is 0 Å². The predicted octanol–water partition coefficient (Wildman–Crippen LogP) is 4.63. The average Bonchev–Trinajstić information content (AvgIpc) is 3.08. The molecule has 0 saturated carbocycles. The standard InChI is InChI=1S/C24H30N2O3/c1-5-6-13-25-24(27)15-19(17-11-12-22(28-3)23(14-17)29-4)20-16-26(2)21-10-8-7-9-18(20)21/h7-12,14,16,19H,5-6,13,15H2,1-4H3,(H,25,27). The highest BCUT2D eigenvalue weighted by molar-refractivity contribution is 5.86. The van der Waals surface area contributed by atoms with Gasteiger partial charge in [0.05, 0.1) is 14.2 Å². The van der Waals surface area contributed by atoms with Gasteiger partial charge in [-0.3, -0.25) is 4.79 Å². The molecular weight excluding hydrogens is 364 g/mol. The third kappa shape index (κ3) is 4.56. The van der Waals surface area contributed by atoms with E-state index in [1.807, 2.05) is 37.4 Å². The van der Waals surface area contributed by atoms with E-state index in [0.717, 1.165) is 34.9 Å². The maximum absolute atomic E-state index is 12.7. The average molecular weight is 395 g/mol. The van der Waals surface area contributed by atoms with Gasteiger partial charge in [0.15, 0.2) is 11.5 Å². The van der Waals surface area contributed by atoms with E-state index in [0.29, 0.717) is 24.5 Å². The smallest absolute Gasteiger partial charge is 0.220 e. The lowest BCUT2D eigenvalue weighted by Crippen LogP contribution is -2.26. The minimum absolute atomic E-state index is 0.0613. The Kier molecular flexibility index (Phi) is 6.81. The van der Waals surface area contributed by atoms with E-state index in [1.165, 1.54) is 0 Å². The van der Waals surface area contributed by atoms with Crippen molar-refractivity contribution < 1.29 is 14.3 Å². The summed E-state index contributed by atoms with van der Waals surface area (Å²) in [4.78, 5) is 12.7. The number of rotatable bonds is 9. The van der Waals surface area contributed by atoms with Gasteiger partial charge >= 0.3 is 0 Å². The molecule has 5 nitrogen and oxygen atoms in total. The molecule has 0 radical (unpaired) electrons. The van der Waals surface area contributed by atoms with Crippen molar-refractivity contribution in [3.05, 3.63) is 59.8 Å². The molecule has 5 heteroatoms. The third-order valence-electron chi connectivity index (χ3n) is 5.36. The summed E-state index contributed by atoms with van der Waals surface area (Å²) in [6, 6.07) is 14.2. The number of methoxy groups -OCH3 is 2. The Balaban J connectivity index is 2.03. The van der Waals surface area contributed by atoms with Gasteiger partial charge in [0.25, 0.3) is 0 Å². The first-order chi connectivity index (χ1) is 14.1. The third-order valence-corrected chi connectivity index (χ3v) is 5.36. The Labute approximate surface area is 172 Å². The van der Waals surface area contributed by atoms with Crippen molar-refractivity contribution in [1.82, 2.24) is 9.88 Å². The number of amides is 1. The molecule has 1 N–H and O–H groups in total. The first-order valence-electron chi connectivity index (χ1n) is 10.1. The van der Waals surface area contributed by atoms with Gasteiger partial charge in [0, 0.05) is 43.0 Å². The highest BCUT2D eigenvalue weighted by Gasteiger charge is 2.23. The molecule has 0 saturated heterocycles. The zero-order chi connectivity index (χ0) is 20.8. The minimum atomic E-state index is -0.0810. The molecule has 0 fully saturated rings. The van der Waals surface area contributed by atoms with Crippen molar-refractivity contribution in [2.75, 3.05) is 20.8 Å². The molecule has 1 heterocycles. The number of aryl methyl sites for hydroxylation is 1. The van der Waals surface area contributed by atoms with E-state index >= 15 is 0 Å². The molecule has 0 bridgehead atoms. The molecule has 0 aliphatic rings. The number of unbranched alkanes of at least 4 members (excludes halogenated alkanes) is 1. The van der Waals surface area contributed by atoms with Crippen LogP contribution < -0.4 is 14.8 Å². The topological polar surface area (TPSA) is 52.5 Å². The summed E-state index contributed by atoms with van der Waals surface area (Å²) in [6.45, 7) is 2.83. The minimum Gasteiger partial charge on any atom is -0.493 e. The lowest BCUT2D eigenvalue weighted by Gasteiger charge is -2.19. The molecule has 1 amide bonds. The van der Waals surface area contributed by atoms with Crippen molar-refractivity contribution in [2.24, 2.45) is 7.05 Å². The second-order valence-corrected chi connectivity index (χ2v) is 7.29. The monoisotopic (exact) mass is 394 g/mol. The molecule has 1 unspecified atom stereocenters. The fourth-order valence-electron chi connectivity index (χ4n) is 3.79. The molecule has 2 aromatic carbocycles. The number of ether oxygens (including phenoxy) is 2. The molecule has 1 aromatic heterocycles. The normalized spacial score (nSPS) is 12.0. The molecule has 3 aromatic rings. The van der Waals surface area contributed by atoms with Crippen LogP contribution in [0.15, 0.2) is 48.7 Å². The van der Waals surface area contributed by atoms with Crippen LogP contribution in [0.2, 0.25) is 0 Å². The number of benzene rings is 2. The number of carbonyl (C=O) groups excluding carboxylic acids is 1. The van der Waals surface area contributed by atoms with Gasteiger partial charge in [-0.2, -0.15) is 0 Å². The van der Waals surface area contributed by atoms with Crippen LogP contribution >= 0.6 is 0 Å². The van der Waals surface area contributed by atoms with Gasteiger partial charge in [-0.25, -0.2) is 0 Å². The van der Waals surface area contributed by atoms with E-state index in [2.05, 4.69) is 35.1 Å². The van der Waals surface area contributed by atoms with E-state index in [4.69, 9.17) is 9.47 Å². The maximum Gasteiger partial charge on any atom is 0.220 e. The van der Waals surface area contributed by atoms with Crippen molar-refractivity contribution >= 4 is 16.8 Å². The molecule has 154 valence electrons. The molecule has 29 heavy (non-hydrogen) atoms. The van der Waals surface area contributed by atoms with Gasteiger partial charge in [0.2, 0.25) is 5.91 Å². The highest BCUT2D eigenvalue weighted by Crippen LogP contribution is 2.38. The van der Waals surface area contributed by atoms with Crippen molar-refractivity contribution in [3.63, 3.8) is 0 Å². The molecule has 3 rings (SSSR count). The second-order valence-electron chi connectivity index (χ2n) is 7.29. The fourth-order valence-corrected chi connectivity index (χ4v) is 3.79. The van der Waals surface area contributed by atoms with Crippen LogP contribution in [-0.4, -0.2) is 31.2 Å².